The minimum absolute atomic E-state index is 0.0526. The monoisotopic (exact) mass is 211 g/mol. The molecule has 1 aromatic rings. The molecule has 1 fully saturated rings. The third-order valence-electron chi connectivity index (χ3n) is 3.60. The highest BCUT2D eigenvalue weighted by molar-refractivity contribution is 7.09. The predicted molar refractivity (Wildman–Crippen MR) is 58.4 cm³/mol. The number of thiazole rings is 1. The van der Waals surface area contributed by atoms with Crippen molar-refractivity contribution in [2.24, 2.45) is 5.41 Å². The van der Waals surface area contributed by atoms with Crippen molar-refractivity contribution in [3.8, 4) is 0 Å². The molecule has 2 nitrogen and oxygen atoms in total. The second-order valence-corrected chi connectivity index (χ2v) is 5.88. The molecular weight excluding hydrogens is 194 g/mol. The van der Waals surface area contributed by atoms with E-state index in [4.69, 9.17) is 0 Å². The summed E-state index contributed by atoms with van der Waals surface area (Å²) >= 11 is 1.64. The first kappa shape index (κ1) is 10.1. The average molecular weight is 211 g/mol. The second kappa shape index (κ2) is 3.31. The van der Waals surface area contributed by atoms with Gasteiger partial charge in [0.25, 0.3) is 0 Å². The van der Waals surface area contributed by atoms with E-state index in [1.807, 2.05) is 11.7 Å². The zero-order chi connectivity index (χ0) is 10.2. The van der Waals surface area contributed by atoms with Crippen LogP contribution in [0.25, 0.3) is 0 Å². The van der Waals surface area contributed by atoms with Crippen molar-refractivity contribution in [2.45, 2.75) is 45.1 Å². The molecule has 0 saturated heterocycles. The zero-order valence-electron chi connectivity index (χ0n) is 8.79. The van der Waals surface area contributed by atoms with Crippen molar-refractivity contribution >= 4 is 11.3 Å². The first-order chi connectivity index (χ1) is 6.54. The first-order valence-corrected chi connectivity index (χ1v) is 6.01. The molecule has 1 aliphatic rings. The molecule has 1 unspecified atom stereocenters. The van der Waals surface area contributed by atoms with E-state index >= 15 is 0 Å². The van der Waals surface area contributed by atoms with Crippen LogP contribution in [0.1, 0.15) is 38.0 Å². The number of rotatable bonds is 2. The minimum atomic E-state index is -0.514. The van der Waals surface area contributed by atoms with Crippen molar-refractivity contribution in [1.29, 1.82) is 0 Å². The molecule has 1 aromatic heterocycles. The smallest absolute Gasteiger partial charge is 0.0794 e. The number of nitrogens with zero attached hydrogens (tertiary/aromatic N) is 1. The molecule has 0 aromatic carbocycles. The lowest BCUT2D eigenvalue weighted by molar-refractivity contribution is -0.0413. The van der Waals surface area contributed by atoms with Crippen LogP contribution in [0, 0.1) is 5.41 Å². The normalized spacial score (nSPS) is 30.8. The highest BCUT2D eigenvalue weighted by Crippen LogP contribution is 2.47. The molecule has 0 bridgehead atoms. The van der Waals surface area contributed by atoms with Crippen LogP contribution in [0.4, 0.5) is 0 Å². The lowest BCUT2D eigenvalue weighted by Gasteiger charge is -2.36. The quantitative estimate of drug-likeness (QED) is 0.815. The Hall–Kier alpha value is -0.410. The van der Waals surface area contributed by atoms with Crippen LogP contribution in [0.3, 0.4) is 0 Å². The van der Waals surface area contributed by atoms with Crippen LogP contribution >= 0.6 is 11.3 Å². The van der Waals surface area contributed by atoms with Crippen molar-refractivity contribution in [3.63, 3.8) is 0 Å². The molecular formula is C11H17NOS. The Balaban J connectivity index is 2.17. The highest BCUT2D eigenvalue weighted by Gasteiger charge is 2.47. The summed E-state index contributed by atoms with van der Waals surface area (Å²) in [4.78, 5) is 5.25. The zero-order valence-corrected chi connectivity index (χ0v) is 9.60. The van der Waals surface area contributed by atoms with Crippen molar-refractivity contribution in [3.05, 3.63) is 16.6 Å². The van der Waals surface area contributed by atoms with Gasteiger partial charge < -0.3 is 5.11 Å². The van der Waals surface area contributed by atoms with Gasteiger partial charge in [-0.25, -0.2) is 0 Å². The molecule has 1 saturated carbocycles. The van der Waals surface area contributed by atoms with Crippen LogP contribution in [0.2, 0.25) is 0 Å². The molecule has 1 N–H and O–H groups in total. The van der Waals surface area contributed by atoms with E-state index in [0.717, 1.165) is 25.7 Å². The molecule has 0 amide bonds. The summed E-state index contributed by atoms with van der Waals surface area (Å²) in [6.45, 7) is 4.34. The largest absolute Gasteiger partial charge is 0.389 e. The average Bonchev–Trinajstić information content (AvgIpc) is 2.63. The van der Waals surface area contributed by atoms with Crippen LogP contribution in [0.5, 0.6) is 0 Å². The summed E-state index contributed by atoms with van der Waals surface area (Å²) in [5.41, 5.74) is 1.37. The lowest BCUT2D eigenvalue weighted by atomic mass is 9.75. The van der Waals surface area contributed by atoms with E-state index in [1.165, 1.54) is 4.88 Å². The number of aromatic nitrogens is 1. The van der Waals surface area contributed by atoms with Crippen molar-refractivity contribution in [1.82, 2.24) is 4.98 Å². The van der Waals surface area contributed by atoms with Crippen LogP contribution < -0.4 is 0 Å². The topological polar surface area (TPSA) is 33.1 Å². The summed E-state index contributed by atoms with van der Waals surface area (Å²) in [5.74, 6) is 0. The number of hydrogen-bond donors (Lipinski definition) is 1. The number of aliphatic hydroxyl groups is 1. The molecule has 1 atom stereocenters. The molecule has 0 spiro atoms. The molecule has 3 heteroatoms. The molecule has 1 aliphatic carbocycles. The van der Waals surface area contributed by atoms with E-state index in [9.17, 15) is 5.11 Å². The predicted octanol–water partition coefficient (Wildman–Crippen LogP) is 2.63. The summed E-state index contributed by atoms with van der Waals surface area (Å²) in [5, 5.41) is 10.6. The molecule has 78 valence electrons. The molecule has 1 heterocycles. The fourth-order valence-electron chi connectivity index (χ4n) is 2.34. The molecule has 2 rings (SSSR count). The van der Waals surface area contributed by atoms with E-state index in [-0.39, 0.29) is 5.41 Å². The van der Waals surface area contributed by atoms with Crippen LogP contribution in [0.15, 0.2) is 11.7 Å². The third kappa shape index (κ3) is 1.59. The Morgan fingerprint density at radius 3 is 2.79 bits per heavy atom. The standard InChI is InChI=1S/C11H17NOS/c1-10(2)4-3-5-11(10,13)6-9-7-12-8-14-9/h7-8,13H,3-6H2,1-2H3. The van der Waals surface area contributed by atoms with Gasteiger partial charge in [0.15, 0.2) is 0 Å². The Morgan fingerprint density at radius 2 is 2.29 bits per heavy atom. The first-order valence-electron chi connectivity index (χ1n) is 5.13. The lowest BCUT2D eigenvalue weighted by Crippen LogP contribution is -2.41. The maximum Gasteiger partial charge on any atom is 0.0794 e. The van der Waals surface area contributed by atoms with Crippen LogP contribution in [-0.2, 0) is 6.42 Å². The highest BCUT2D eigenvalue weighted by atomic mass is 32.1. The third-order valence-corrected chi connectivity index (χ3v) is 4.38. The van der Waals surface area contributed by atoms with Gasteiger partial charge in [-0.3, -0.25) is 4.98 Å². The van der Waals surface area contributed by atoms with Crippen molar-refractivity contribution < 1.29 is 5.11 Å². The summed E-state index contributed by atoms with van der Waals surface area (Å²) in [7, 11) is 0. The van der Waals surface area contributed by atoms with Gasteiger partial charge in [-0.15, -0.1) is 11.3 Å². The van der Waals surface area contributed by atoms with E-state index in [1.54, 1.807) is 11.3 Å². The Labute approximate surface area is 89.0 Å². The van der Waals surface area contributed by atoms with Gasteiger partial charge in [-0.2, -0.15) is 0 Å². The Bertz CT molecular complexity index is 307. The molecule has 14 heavy (non-hydrogen) atoms. The van der Waals surface area contributed by atoms with Crippen molar-refractivity contribution in [2.75, 3.05) is 0 Å². The van der Waals surface area contributed by atoms with Gasteiger partial charge >= 0.3 is 0 Å². The van der Waals surface area contributed by atoms with Gasteiger partial charge in [-0.05, 0) is 24.7 Å². The van der Waals surface area contributed by atoms with E-state index < -0.39 is 5.60 Å². The fraction of sp³-hybridized carbons (Fsp3) is 0.727. The van der Waals surface area contributed by atoms with Crippen LogP contribution in [-0.4, -0.2) is 15.7 Å². The van der Waals surface area contributed by atoms with Gasteiger partial charge in [0.1, 0.15) is 0 Å². The Morgan fingerprint density at radius 1 is 1.50 bits per heavy atom. The second-order valence-electron chi connectivity index (χ2n) is 4.91. The summed E-state index contributed by atoms with van der Waals surface area (Å²) in [6, 6.07) is 0. The van der Waals surface area contributed by atoms with Gasteiger partial charge in [0.05, 0.1) is 11.1 Å². The fourth-order valence-corrected chi connectivity index (χ4v) is 3.04. The van der Waals surface area contributed by atoms with E-state index in [2.05, 4.69) is 18.8 Å². The van der Waals surface area contributed by atoms with Gasteiger partial charge in [0.2, 0.25) is 0 Å². The molecule has 0 aliphatic heterocycles. The maximum atomic E-state index is 10.6. The SMILES string of the molecule is CC1(C)CCCC1(O)Cc1cncs1. The maximum absolute atomic E-state index is 10.6. The van der Waals surface area contributed by atoms with E-state index in [0.29, 0.717) is 0 Å². The van der Waals surface area contributed by atoms with Gasteiger partial charge in [0, 0.05) is 17.5 Å². The summed E-state index contributed by atoms with van der Waals surface area (Å²) in [6.07, 6.45) is 5.84. The summed E-state index contributed by atoms with van der Waals surface area (Å²) < 4.78 is 0. The molecule has 0 radical (unpaired) electrons. The van der Waals surface area contributed by atoms with Gasteiger partial charge in [-0.1, -0.05) is 13.8 Å². The minimum Gasteiger partial charge on any atom is -0.389 e. The Kier molecular flexibility index (Phi) is 2.40. The number of hydrogen-bond acceptors (Lipinski definition) is 3.